The van der Waals surface area contributed by atoms with Crippen LogP contribution in [0.1, 0.15) is 42.4 Å². The lowest BCUT2D eigenvalue weighted by Crippen LogP contribution is -2.56. The van der Waals surface area contributed by atoms with E-state index in [2.05, 4.69) is 4.74 Å². The Kier molecular flexibility index (Phi) is 9.22. The molecular formula is C30H28F9NO3S. The Labute approximate surface area is 248 Å². The van der Waals surface area contributed by atoms with Gasteiger partial charge in [0.1, 0.15) is 22.2 Å². The fraction of sp³-hybridized carbons (Fsp3) is 0.400. The van der Waals surface area contributed by atoms with E-state index in [1.807, 2.05) is 4.90 Å². The molecule has 0 saturated heterocycles. The van der Waals surface area contributed by atoms with Crippen LogP contribution in [-0.2, 0) is 31.5 Å². The highest BCUT2D eigenvalue weighted by molar-refractivity contribution is 7.92. The number of nitrogens with zero attached hydrogens (tertiary/aromatic N) is 1. The highest BCUT2D eigenvalue weighted by atomic mass is 32.2. The number of benzene rings is 3. The van der Waals surface area contributed by atoms with E-state index in [1.165, 1.54) is 0 Å². The average Bonchev–Trinajstić information content (AvgIpc) is 2.93. The summed E-state index contributed by atoms with van der Waals surface area (Å²) in [6.07, 6.45) is -11.7. The van der Waals surface area contributed by atoms with Crippen molar-refractivity contribution in [3.05, 3.63) is 101 Å². The molecule has 14 heteroatoms. The van der Waals surface area contributed by atoms with Crippen molar-refractivity contribution in [3.63, 3.8) is 0 Å². The van der Waals surface area contributed by atoms with E-state index in [4.69, 9.17) is 0 Å². The highest BCUT2D eigenvalue weighted by Gasteiger charge is 2.73. The Hall–Kier alpha value is -3.10. The van der Waals surface area contributed by atoms with Crippen LogP contribution in [0.5, 0.6) is 0 Å². The zero-order valence-corrected chi connectivity index (χ0v) is 24.3. The van der Waals surface area contributed by atoms with Gasteiger partial charge in [-0.05, 0) is 81.7 Å². The van der Waals surface area contributed by atoms with Gasteiger partial charge in [0.05, 0.1) is 11.5 Å². The molecule has 1 fully saturated rings. The third-order valence-electron chi connectivity index (χ3n) is 8.24. The van der Waals surface area contributed by atoms with Crippen LogP contribution in [0, 0.1) is 17.5 Å². The molecule has 240 valence electrons. The number of hydrogen-bond donors (Lipinski definition) is 0. The van der Waals surface area contributed by atoms with E-state index in [0.29, 0.717) is 37.1 Å². The molecule has 3 aromatic rings. The molecule has 4 rings (SSSR count). The van der Waals surface area contributed by atoms with E-state index in [-0.39, 0.29) is 29.3 Å². The van der Waals surface area contributed by atoms with Crippen LogP contribution in [0.15, 0.2) is 71.6 Å². The standard InChI is InChI=1S/C30H28F9NO3S/c1-40(2)22-14-16-27(17-15-22,44(41,42)23-12-10-21(31)11-13-23)19-6-8-20(9-7-19)28(29(34,35)36,30(37,38)39)43-18-24-25(32)4-3-5-26(24)33/h3-13,22H,14-18H2,1-2H3. The molecule has 0 bridgehead atoms. The van der Waals surface area contributed by atoms with Gasteiger partial charge in [0.25, 0.3) is 5.60 Å². The lowest BCUT2D eigenvalue weighted by atomic mass is 9.79. The molecule has 0 spiro atoms. The third-order valence-corrected chi connectivity index (χ3v) is 10.8. The summed E-state index contributed by atoms with van der Waals surface area (Å²) in [4.78, 5) is 1.62. The molecule has 44 heavy (non-hydrogen) atoms. The molecule has 0 aromatic heterocycles. The molecule has 1 saturated carbocycles. The normalized spacial score (nSPS) is 20.2. The SMILES string of the molecule is CN(C)C1CCC(c2ccc(C(OCc3c(F)cccc3F)(C(F)(F)F)C(F)(F)F)cc2)(S(=O)(=O)c2ccc(F)cc2)CC1. The topological polar surface area (TPSA) is 46.6 Å². The summed E-state index contributed by atoms with van der Waals surface area (Å²) < 4.78 is 159. The molecule has 1 aliphatic carbocycles. The van der Waals surface area contributed by atoms with E-state index in [9.17, 15) is 47.9 Å². The van der Waals surface area contributed by atoms with Crippen molar-refractivity contribution < 1.29 is 52.7 Å². The van der Waals surface area contributed by atoms with Crippen LogP contribution < -0.4 is 0 Å². The summed E-state index contributed by atoms with van der Waals surface area (Å²) in [5, 5.41) is 0. The second-order valence-corrected chi connectivity index (χ2v) is 13.1. The van der Waals surface area contributed by atoms with E-state index in [1.54, 1.807) is 14.1 Å². The van der Waals surface area contributed by atoms with Crippen LogP contribution in [0.3, 0.4) is 0 Å². The van der Waals surface area contributed by atoms with Crippen molar-refractivity contribution in [1.82, 2.24) is 4.90 Å². The van der Waals surface area contributed by atoms with Gasteiger partial charge in [-0.2, -0.15) is 26.3 Å². The zero-order chi connectivity index (χ0) is 32.7. The predicted molar refractivity (Wildman–Crippen MR) is 143 cm³/mol. The minimum absolute atomic E-state index is 0.0261. The summed E-state index contributed by atoms with van der Waals surface area (Å²) in [5.74, 6) is -3.51. The quantitative estimate of drug-likeness (QED) is 0.184. The van der Waals surface area contributed by atoms with Gasteiger partial charge in [0, 0.05) is 17.2 Å². The third kappa shape index (κ3) is 5.83. The summed E-state index contributed by atoms with van der Waals surface area (Å²) in [5.41, 5.74) is -7.68. The maximum Gasteiger partial charge on any atom is 0.430 e. The van der Waals surface area contributed by atoms with Gasteiger partial charge in [-0.3, -0.25) is 0 Å². The molecular weight excluding hydrogens is 625 g/mol. The van der Waals surface area contributed by atoms with Crippen LogP contribution >= 0.6 is 0 Å². The van der Waals surface area contributed by atoms with Gasteiger partial charge < -0.3 is 9.64 Å². The Morgan fingerprint density at radius 2 is 1.30 bits per heavy atom. The molecule has 0 atom stereocenters. The van der Waals surface area contributed by atoms with Crippen LogP contribution in [-0.4, -0.2) is 45.8 Å². The summed E-state index contributed by atoms with van der Waals surface area (Å²) in [6.45, 7) is -1.71. The van der Waals surface area contributed by atoms with E-state index in [0.717, 1.165) is 42.5 Å². The fourth-order valence-corrected chi connectivity index (χ4v) is 7.90. The van der Waals surface area contributed by atoms with Crippen molar-refractivity contribution in [2.45, 2.75) is 65.9 Å². The lowest BCUT2D eigenvalue weighted by molar-refractivity contribution is -0.392. The minimum atomic E-state index is -6.16. The Morgan fingerprint density at radius 3 is 1.75 bits per heavy atom. The molecule has 0 radical (unpaired) electrons. The summed E-state index contributed by atoms with van der Waals surface area (Å²) in [6, 6.07) is 8.80. The van der Waals surface area contributed by atoms with E-state index < -0.39 is 67.7 Å². The van der Waals surface area contributed by atoms with Gasteiger partial charge in [0.2, 0.25) is 0 Å². The first-order chi connectivity index (χ1) is 20.4. The number of ether oxygens (including phenoxy) is 1. The molecule has 3 aromatic carbocycles. The molecule has 0 aliphatic heterocycles. The number of sulfone groups is 1. The monoisotopic (exact) mass is 653 g/mol. The smallest absolute Gasteiger partial charge is 0.349 e. The number of halogens is 9. The minimum Gasteiger partial charge on any atom is -0.349 e. The summed E-state index contributed by atoms with van der Waals surface area (Å²) in [7, 11) is -0.760. The largest absolute Gasteiger partial charge is 0.430 e. The van der Waals surface area contributed by atoms with Gasteiger partial charge in [-0.15, -0.1) is 0 Å². The zero-order valence-electron chi connectivity index (χ0n) is 23.4. The van der Waals surface area contributed by atoms with Gasteiger partial charge in [0.15, 0.2) is 9.84 Å². The van der Waals surface area contributed by atoms with Crippen LogP contribution in [0.4, 0.5) is 39.5 Å². The fourth-order valence-electron chi connectivity index (χ4n) is 5.73. The molecule has 0 N–H and O–H groups in total. The van der Waals surface area contributed by atoms with Crippen LogP contribution in [0.2, 0.25) is 0 Å². The van der Waals surface area contributed by atoms with Crippen molar-refractivity contribution in [3.8, 4) is 0 Å². The molecule has 1 aliphatic rings. The number of alkyl halides is 6. The first-order valence-corrected chi connectivity index (χ1v) is 14.8. The second kappa shape index (κ2) is 12.0. The van der Waals surface area contributed by atoms with Crippen molar-refractivity contribution in [1.29, 1.82) is 0 Å². The highest BCUT2D eigenvalue weighted by Crippen LogP contribution is 2.54. The molecule has 0 heterocycles. The van der Waals surface area contributed by atoms with Gasteiger partial charge >= 0.3 is 12.4 Å². The Bertz CT molecular complexity index is 1530. The Balaban J connectivity index is 1.84. The van der Waals surface area contributed by atoms with Crippen LogP contribution in [0.25, 0.3) is 0 Å². The first-order valence-electron chi connectivity index (χ1n) is 13.4. The van der Waals surface area contributed by atoms with Gasteiger partial charge in [-0.1, -0.05) is 30.3 Å². The number of hydrogen-bond acceptors (Lipinski definition) is 4. The Morgan fingerprint density at radius 1 is 0.795 bits per heavy atom. The second-order valence-electron chi connectivity index (χ2n) is 10.9. The maximum absolute atomic E-state index is 14.4. The van der Waals surface area contributed by atoms with Gasteiger partial charge in [-0.25, -0.2) is 21.6 Å². The summed E-state index contributed by atoms with van der Waals surface area (Å²) >= 11 is 0. The predicted octanol–water partition coefficient (Wildman–Crippen LogP) is 7.81. The van der Waals surface area contributed by atoms with E-state index >= 15 is 0 Å². The first kappa shape index (κ1) is 33.8. The molecule has 4 nitrogen and oxygen atoms in total. The van der Waals surface area contributed by atoms with Crippen molar-refractivity contribution >= 4 is 9.84 Å². The lowest BCUT2D eigenvalue weighted by Gasteiger charge is -2.42. The average molecular weight is 654 g/mol. The maximum atomic E-state index is 14.4. The number of rotatable bonds is 8. The molecule has 0 unspecified atom stereocenters. The van der Waals surface area contributed by atoms with Crippen molar-refractivity contribution in [2.75, 3.05) is 14.1 Å². The molecule has 0 amide bonds. The van der Waals surface area contributed by atoms with Crippen molar-refractivity contribution in [2.24, 2.45) is 0 Å².